The predicted molar refractivity (Wildman–Crippen MR) is 52.4 cm³/mol. The third-order valence-corrected chi connectivity index (χ3v) is 2.43. The molecule has 0 amide bonds. The smallest absolute Gasteiger partial charge is 0.110 e. The second-order valence-electron chi connectivity index (χ2n) is 2.39. The van der Waals surface area contributed by atoms with E-state index in [1.54, 1.807) is 0 Å². The van der Waals surface area contributed by atoms with E-state index >= 15 is 0 Å². The molecule has 0 spiro atoms. The monoisotopic (exact) mass is 257 g/mol. The Morgan fingerprint density at radius 2 is 1.90 bits per heavy atom. The van der Waals surface area contributed by atoms with E-state index in [4.69, 9.17) is 3.07 Å². The third-order valence-electron chi connectivity index (χ3n) is 1.56. The van der Waals surface area contributed by atoms with Crippen LogP contribution in [0.3, 0.4) is 0 Å². The lowest BCUT2D eigenvalue weighted by atomic mass is 10.3. The van der Waals surface area contributed by atoms with Crippen molar-refractivity contribution < 1.29 is 3.07 Å². The van der Waals surface area contributed by atoms with Gasteiger partial charge >= 0.3 is 0 Å². The zero-order valence-corrected chi connectivity index (χ0v) is 9.09. The summed E-state index contributed by atoms with van der Waals surface area (Å²) in [4.78, 5) is 2.35. The van der Waals surface area contributed by atoms with Gasteiger partial charge in [-0.2, -0.15) is 0 Å². The molecule has 0 aliphatic rings. The molecule has 0 rings (SSSR count). The second-order valence-corrected chi connectivity index (χ2v) is 2.89. The summed E-state index contributed by atoms with van der Waals surface area (Å²) in [6, 6.07) is 0. The second kappa shape index (κ2) is 6.37. The molecule has 0 saturated carbocycles. The SMILES string of the molecule is CCN(CC)CC(C)OI. The largest absolute Gasteiger partial charge is 0.311 e. The zero-order valence-electron chi connectivity index (χ0n) is 6.93. The summed E-state index contributed by atoms with van der Waals surface area (Å²) in [5.74, 6) is 0. The minimum Gasteiger partial charge on any atom is -0.311 e. The topological polar surface area (TPSA) is 12.5 Å². The van der Waals surface area contributed by atoms with Gasteiger partial charge in [0.05, 0.1) is 6.10 Å². The molecular weight excluding hydrogens is 241 g/mol. The van der Waals surface area contributed by atoms with Gasteiger partial charge < -0.3 is 7.97 Å². The van der Waals surface area contributed by atoms with Crippen molar-refractivity contribution in [2.45, 2.75) is 26.9 Å². The van der Waals surface area contributed by atoms with Crippen LogP contribution >= 0.6 is 23.0 Å². The van der Waals surface area contributed by atoms with Crippen molar-refractivity contribution in [1.29, 1.82) is 0 Å². The molecule has 0 N–H and O–H groups in total. The van der Waals surface area contributed by atoms with E-state index in [-0.39, 0.29) is 0 Å². The summed E-state index contributed by atoms with van der Waals surface area (Å²) >= 11 is 1.95. The summed E-state index contributed by atoms with van der Waals surface area (Å²) in [5.41, 5.74) is 0. The van der Waals surface area contributed by atoms with Crippen molar-refractivity contribution in [3.8, 4) is 0 Å². The van der Waals surface area contributed by atoms with Crippen LogP contribution in [-0.4, -0.2) is 30.6 Å². The van der Waals surface area contributed by atoms with Crippen LogP contribution in [0.25, 0.3) is 0 Å². The molecule has 0 aromatic heterocycles. The van der Waals surface area contributed by atoms with Crippen molar-refractivity contribution in [3.05, 3.63) is 0 Å². The van der Waals surface area contributed by atoms with E-state index < -0.39 is 0 Å². The van der Waals surface area contributed by atoms with E-state index in [9.17, 15) is 0 Å². The number of hydrogen-bond acceptors (Lipinski definition) is 2. The minimum atomic E-state index is 0.348. The Kier molecular flexibility index (Phi) is 6.78. The summed E-state index contributed by atoms with van der Waals surface area (Å²) in [5, 5.41) is 0. The molecule has 0 aliphatic carbocycles. The summed E-state index contributed by atoms with van der Waals surface area (Å²) in [6.07, 6.45) is 0.348. The number of rotatable bonds is 5. The summed E-state index contributed by atoms with van der Waals surface area (Å²) in [6.45, 7) is 9.69. The van der Waals surface area contributed by atoms with Gasteiger partial charge in [-0.3, -0.25) is 0 Å². The van der Waals surface area contributed by atoms with E-state index in [2.05, 4.69) is 25.7 Å². The Labute approximate surface area is 77.6 Å². The highest BCUT2D eigenvalue weighted by Crippen LogP contribution is 1.99. The molecule has 0 aliphatic heterocycles. The molecular formula is C7H16INO. The normalized spacial score (nSPS) is 14.1. The fourth-order valence-electron chi connectivity index (χ4n) is 0.874. The first-order valence-electron chi connectivity index (χ1n) is 3.74. The molecule has 10 heavy (non-hydrogen) atoms. The van der Waals surface area contributed by atoms with Crippen LogP contribution in [0.15, 0.2) is 0 Å². The van der Waals surface area contributed by atoms with Crippen molar-refractivity contribution in [2.75, 3.05) is 19.6 Å². The van der Waals surface area contributed by atoms with Gasteiger partial charge in [0.15, 0.2) is 0 Å². The molecule has 0 fully saturated rings. The molecule has 1 atom stereocenters. The van der Waals surface area contributed by atoms with Crippen LogP contribution < -0.4 is 0 Å². The molecule has 62 valence electrons. The number of nitrogens with zero attached hydrogens (tertiary/aromatic N) is 1. The molecule has 0 aromatic rings. The maximum Gasteiger partial charge on any atom is 0.110 e. The first kappa shape index (κ1) is 10.7. The standard InChI is InChI=1S/C7H16INO/c1-4-9(5-2)6-7(3)10-8/h7H,4-6H2,1-3H3. The van der Waals surface area contributed by atoms with Gasteiger partial charge in [-0.1, -0.05) is 13.8 Å². The first-order valence-corrected chi connectivity index (χ1v) is 4.62. The molecule has 0 saturated heterocycles. The fraction of sp³-hybridized carbons (Fsp3) is 1.00. The van der Waals surface area contributed by atoms with Crippen LogP contribution in [-0.2, 0) is 3.07 Å². The number of likely N-dealkylation sites (N-methyl/N-ethyl adjacent to an activating group) is 1. The van der Waals surface area contributed by atoms with Gasteiger partial charge in [0.25, 0.3) is 0 Å². The Morgan fingerprint density at radius 3 is 2.20 bits per heavy atom. The van der Waals surface area contributed by atoms with Gasteiger partial charge in [-0.05, 0) is 20.0 Å². The quantitative estimate of drug-likeness (QED) is 0.699. The van der Waals surface area contributed by atoms with Crippen LogP contribution in [0.4, 0.5) is 0 Å². The zero-order chi connectivity index (χ0) is 7.98. The summed E-state index contributed by atoms with van der Waals surface area (Å²) < 4.78 is 5.11. The first-order chi connectivity index (χ1) is 4.74. The van der Waals surface area contributed by atoms with Crippen LogP contribution in [0.1, 0.15) is 20.8 Å². The van der Waals surface area contributed by atoms with Crippen LogP contribution in [0.5, 0.6) is 0 Å². The average molecular weight is 257 g/mol. The maximum absolute atomic E-state index is 5.11. The summed E-state index contributed by atoms with van der Waals surface area (Å²) in [7, 11) is 0. The maximum atomic E-state index is 5.11. The lowest BCUT2D eigenvalue weighted by Gasteiger charge is -2.20. The highest BCUT2D eigenvalue weighted by molar-refractivity contribution is 14.1. The van der Waals surface area contributed by atoms with Crippen molar-refractivity contribution in [1.82, 2.24) is 4.90 Å². The van der Waals surface area contributed by atoms with Crippen LogP contribution in [0.2, 0.25) is 0 Å². The lowest BCUT2D eigenvalue weighted by molar-refractivity contribution is 0.196. The van der Waals surface area contributed by atoms with Gasteiger partial charge in [-0.25, -0.2) is 0 Å². The Balaban J connectivity index is 3.41. The van der Waals surface area contributed by atoms with Gasteiger partial charge in [-0.15, -0.1) is 0 Å². The molecule has 1 unspecified atom stereocenters. The Hall–Kier alpha value is 0.650. The van der Waals surface area contributed by atoms with E-state index in [0.29, 0.717) is 6.10 Å². The molecule has 0 radical (unpaired) electrons. The Morgan fingerprint density at radius 1 is 1.40 bits per heavy atom. The van der Waals surface area contributed by atoms with Crippen LogP contribution in [0, 0.1) is 0 Å². The molecule has 0 aromatic carbocycles. The van der Waals surface area contributed by atoms with Crippen molar-refractivity contribution in [2.24, 2.45) is 0 Å². The molecule has 2 nitrogen and oxygen atoms in total. The molecule has 0 heterocycles. The number of halogens is 1. The number of hydrogen-bond donors (Lipinski definition) is 0. The van der Waals surface area contributed by atoms with Gasteiger partial charge in [0.2, 0.25) is 0 Å². The third kappa shape index (κ3) is 4.46. The molecule has 3 heteroatoms. The fourth-order valence-corrected chi connectivity index (χ4v) is 1.03. The highest BCUT2D eigenvalue weighted by atomic mass is 127. The van der Waals surface area contributed by atoms with E-state index in [0.717, 1.165) is 19.6 Å². The minimum absolute atomic E-state index is 0.348. The van der Waals surface area contributed by atoms with E-state index in [1.807, 2.05) is 23.0 Å². The van der Waals surface area contributed by atoms with Crippen molar-refractivity contribution >= 4 is 23.0 Å². The molecule has 0 bridgehead atoms. The lowest BCUT2D eigenvalue weighted by Crippen LogP contribution is -2.30. The van der Waals surface area contributed by atoms with Gasteiger partial charge in [0.1, 0.15) is 23.0 Å². The average Bonchev–Trinajstić information content (AvgIpc) is 1.99. The predicted octanol–water partition coefficient (Wildman–Crippen LogP) is 2.08. The van der Waals surface area contributed by atoms with E-state index in [1.165, 1.54) is 0 Å². The van der Waals surface area contributed by atoms with Gasteiger partial charge in [0, 0.05) is 6.54 Å². The van der Waals surface area contributed by atoms with Crippen molar-refractivity contribution in [3.63, 3.8) is 0 Å². The Bertz CT molecular complexity index is 76.0. The highest BCUT2D eigenvalue weighted by Gasteiger charge is 2.04.